The molecule has 5 rings (SSSR count). The Bertz CT molecular complexity index is 1810. The molecule has 46 heavy (non-hydrogen) atoms. The van der Waals surface area contributed by atoms with Crippen molar-refractivity contribution in [1.29, 1.82) is 0 Å². The van der Waals surface area contributed by atoms with E-state index in [1.165, 1.54) is 42.8 Å². The molecular weight excluding hydrogens is 586 g/mol. The predicted octanol–water partition coefficient (Wildman–Crippen LogP) is 6.72. The lowest BCUT2D eigenvalue weighted by Gasteiger charge is -2.23. The molecule has 0 spiro atoms. The molecule has 0 unspecified atom stereocenters. The number of imide groups is 1. The van der Waals surface area contributed by atoms with Crippen molar-refractivity contribution in [3.05, 3.63) is 113 Å². The van der Waals surface area contributed by atoms with Gasteiger partial charge in [-0.15, -0.1) is 0 Å². The molecule has 1 aliphatic heterocycles. The Kier molecular flexibility index (Phi) is 8.99. The van der Waals surface area contributed by atoms with Crippen molar-refractivity contribution in [3.8, 4) is 11.5 Å². The molecule has 0 atom stereocenters. The maximum atomic E-state index is 13.1. The van der Waals surface area contributed by atoms with E-state index >= 15 is 0 Å². The van der Waals surface area contributed by atoms with E-state index < -0.39 is 30.3 Å². The predicted molar refractivity (Wildman–Crippen MR) is 174 cm³/mol. The first kappa shape index (κ1) is 31.6. The molecule has 4 aromatic rings. The van der Waals surface area contributed by atoms with Crippen LogP contribution in [0, 0.1) is 0 Å². The molecule has 1 heterocycles. The van der Waals surface area contributed by atoms with Gasteiger partial charge in [0.1, 0.15) is 11.5 Å². The smallest absolute Gasteiger partial charge is 0.338 e. The van der Waals surface area contributed by atoms with Crippen LogP contribution in [-0.4, -0.2) is 36.2 Å². The zero-order valence-electron chi connectivity index (χ0n) is 25.9. The molecule has 0 saturated carbocycles. The topological polar surface area (TPSA) is 131 Å². The molecule has 2 N–H and O–H groups in total. The normalized spacial score (nSPS) is 12.4. The fourth-order valence-corrected chi connectivity index (χ4v) is 4.83. The summed E-state index contributed by atoms with van der Waals surface area (Å²) in [7, 11) is 0. The van der Waals surface area contributed by atoms with Crippen LogP contribution in [0.5, 0.6) is 11.5 Å². The van der Waals surface area contributed by atoms with Gasteiger partial charge in [-0.1, -0.05) is 32.9 Å². The number of ether oxygens (including phenoxy) is 2. The molecule has 10 heteroatoms. The lowest BCUT2D eigenvalue weighted by molar-refractivity contribution is -0.119. The van der Waals surface area contributed by atoms with Gasteiger partial charge >= 0.3 is 5.97 Å². The molecular formula is C36H33N3O7. The Hall–Kier alpha value is -5.77. The van der Waals surface area contributed by atoms with Crippen LogP contribution in [0.2, 0.25) is 0 Å². The quantitative estimate of drug-likeness (QED) is 0.149. The van der Waals surface area contributed by atoms with Crippen molar-refractivity contribution >= 4 is 46.7 Å². The average molecular weight is 620 g/mol. The summed E-state index contributed by atoms with van der Waals surface area (Å²) in [6, 6.07) is 25.0. The molecule has 0 aliphatic carbocycles. The Morgan fingerprint density at radius 1 is 0.739 bits per heavy atom. The van der Waals surface area contributed by atoms with Crippen LogP contribution < -0.4 is 20.3 Å². The minimum atomic E-state index is -0.826. The number of esters is 1. The highest BCUT2D eigenvalue weighted by Gasteiger charge is 2.37. The molecule has 0 saturated heterocycles. The van der Waals surface area contributed by atoms with E-state index in [4.69, 9.17) is 9.47 Å². The summed E-state index contributed by atoms with van der Waals surface area (Å²) in [5, 5.41) is 5.28. The molecule has 4 aromatic carbocycles. The molecule has 0 aromatic heterocycles. The fraction of sp³-hybridized carbons (Fsp3) is 0.194. The van der Waals surface area contributed by atoms with Crippen molar-refractivity contribution in [1.82, 2.24) is 0 Å². The summed E-state index contributed by atoms with van der Waals surface area (Å²) in [4.78, 5) is 63.5. The first-order valence-electron chi connectivity index (χ1n) is 14.7. The van der Waals surface area contributed by atoms with Gasteiger partial charge in [-0.2, -0.15) is 0 Å². The van der Waals surface area contributed by atoms with E-state index in [1.807, 2.05) is 12.1 Å². The van der Waals surface area contributed by atoms with E-state index in [1.54, 1.807) is 36.4 Å². The van der Waals surface area contributed by atoms with Gasteiger partial charge < -0.3 is 20.1 Å². The van der Waals surface area contributed by atoms with E-state index in [2.05, 4.69) is 43.5 Å². The van der Waals surface area contributed by atoms with Crippen molar-refractivity contribution in [2.24, 2.45) is 0 Å². The number of anilines is 3. The minimum absolute atomic E-state index is 0.0170. The monoisotopic (exact) mass is 619 g/mol. The van der Waals surface area contributed by atoms with E-state index in [0.29, 0.717) is 28.6 Å². The highest BCUT2D eigenvalue weighted by atomic mass is 16.5. The zero-order valence-corrected chi connectivity index (χ0v) is 25.9. The molecule has 0 radical (unpaired) electrons. The number of rotatable bonds is 10. The van der Waals surface area contributed by atoms with Gasteiger partial charge in [0.2, 0.25) is 5.91 Å². The van der Waals surface area contributed by atoms with Crippen LogP contribution in [0.15, 0.2) is 91.0 Å². The number of hydrogen-bond donors (Lipinski definition) is 2. The second kappa shape index (κ2) is 13.1. The highest BCUT2D eigenvalue weighted by Crippen LogP contribution is 2.31. The summed E-state index contributed by atoms with van der Waals surface area (Å²) in [6.07, 6.45) is 1.02. The minimum Gasteiger partial charge on any atom is -0.457 e. The van der Waals surface area contributed by atoms with Crippen LogP contribution >= 0.6 is 0 Å². The van der Waals surface area contributed by atoms with Gasteiger partial charge in [0.15, 0.2) is 6.61 Å². The SMILES string of the molecule is CCC(C)(C)c1ccc(Oc2ccc(NC(=O)COC(=O)c3ccc4c(c3)C(=O)N(c3ccc(NC(C)=O)cc3)C4=O)cc2)cc1. The van der Waals surface area contributed by atoms with E-state index in [0.717, 1.165) is 11.3 Å². The van der Waals surface area contributed by atoms with Crippen LogP contribution in [0.25, 0.3) is 0 Å². The van der Waals surface area contributed by atoms with Crippen LogP contribution in [0.3, 0.4) is 0 Å². The third-order valence-corrected chi connectivity index (χ3v) is 7.80. The van der Waals surface area contributed by atoms with Crippen molar-refractivity contribution in [3.63, 3.8) is 0 Å². The summed E-state index contributed by atoms with van der Waals surface area (Å²) < 4.78 is 11.1. The van der Waals surface area contributed by atoms with Gasteiger partial charge in [0.25, 0.3) is 17.7 Å². The highest BCUT2D eigenvalue weighted by molar-refractivity contribution is 6.34. The maximum absolute atomic E-state index is 13.1. The Balaban J connectivity index is 1.14. The number of amides is 4. The Morgan fingerprint density at radius 3 is 1.91 bits per heavy atom. The number of fused-ring (bicyclic) bond motifs is 1. The molecule has 234 valence electrons. The molecule has 0 fully saturated rings. The lowest BCUT2D eigenvalue weighted by Crippen LogP contribution is -2.29. The van der Waals surface area contributed by atoms with E-state index in [9.17, 15) is 24.0 Å². The number of hydrogen-bond acceptors (Lipinski definition) is 7. The molecule has 0 bridgehead atoms. The number of nitrogens with zero attached hydrogens (tertiary/aromatic N) is 1. The van der Waals surface area contributed by atoms with Crippen molar-refractivity contribution in [2.45, 2.75) is 39.5 Å². The third-order valence-electron chi connectivity index (χ3n) is 7.80. The fourth-order valence-electron chi connectivity index (χ4n) is 4.83. The van der Waals surface area contributed by atoms with Crippen LogP contribution in [0.1, 0.15) is 70.8 Å². The van der Waals surface area contributed by atoms with Gasteiger partial charge in [-0.05, 0) is 96.3 Å². The van der Waals surface area contributed by atoms with Gasteiger partial charge in [0.05, 0.1) is 22.4 Å². The Labute approximate surface area is 266 Å². The first-order chi connectivity index (χ1) is 21.9. The van der Waals surface area contributed by atoms with E-state index in [-0.39, 0.29) is 28.0 Å². The van der Waals surface area contributed by atoms with Crippen molar-refractivity contribution in [2.75, 3.05) is 22.1 Å². The van der Waals surface area contributed by atoms with Crippen molar-refractivity contribution < 1.29 is 33.4 Å². The molecule has 1 aliphatic rings. The van der Waals surface area contributed by atoms with Crippen LogP contribution in [0.4, 0.5) is 17.1 Å². The summed E-state index contributed by atoms with van der Waals surface area (Å²) in [5.41, 5.74) is 2.82. The lowest BCUT2D eigenvalue weighted by atomic mass is 9.82. The van der Waals surface area contributed by atoms with Gasteiger partial charge in [0, 0.05) is 18.3 Å². The number of benzene rings is 4. The summed E-state index contributed by atoms with van der Waals surface area (Å²) in [6.45, 7) is 7.36. The summed E-state index contributed by atoms with van der Waals surface area (Å²) in [5.74, 6) is -1.50. The average Bonchev–Trinajstić information content (AvgIpc) is 3.29. The standard InChI is InChI=1S/C36H33N3O7/c1-5-36(3,4)24-7-15-28(16-8-24)46-29-17-11-26(12-18-29)38-32(41)21-45-35(44)23-6-19-30-31(20-23)34(43)39(33(30)42)27-13-9-25(10-14-27)37-22(2)40/h6-20H,5,21H2,1-4H3,(H,37,40)(H,38,41). The van der Waals surface area contributed by atoms with Gasteiger partial charge in [-0.25, -0.2) is 9.69 Å². The largest absolute Gasteiger partial charge is 0.457 e. The maximum Gasteiger partial charge on any atom is 0.338 e. The Morgan fingerprint density at radius 2 is 1.30 bits per heavy atom. The molecule has 10 nitrogen and oxygen atoms in total. The van der Waals surface area contributed by atoms with Crippen LogP contribution in [-0.2, 0) is 19.7 Å². The van der Waals surface area contributed by atoms with Gasteiger partial charge in [-0.3, -0.25) is 19.2 Å². The second-order valence-corrected chi connectivity index (χ2v) is 11.4. The number of carbonyl (C=O) groups excluding carboxylic acids is 5. The first-order valence-corrected chi connectivity index (χ1v) is 14.7. The third kappa shape index (κ3) is 6.96. The molecule has 4 amide bonds. The second-order valence-electron chi connectivity index (χ2n) is 11.4. The summed E-state index contributed by atoms with van der Waals surface area (Å²) >= 11 is 0. The zero-order chi connectivity index (χ0) is 33.0. The number of nitrogens with one attached hydrogen (secondary N) is 2. The number of carbonyl (C=O) groups is 5.